The Labute approximate surface area is 89.6 Å². The van der Waals surface area contributed by atoms with Gasteiger partial charge in [-0.25, -0.2) is 0 Å². The molecule has 1 fully saturated rings. The van der Waals surface area contributed by atoms with Crippen molar-refractivity contribution in [3.05, 3.63) is 11.7 Å². The lowest BCUT2D eigenvalue weighted by Crippen LogP contribution is -2.22. The molecule has 0 saturated carbocycles. The smallest absolute Gasteiger partial charge is 0.240 e. The molecule has 2 N–H and O–H groups in total. The number of nitrogens with zero attached hydrogens (tertiary/aromatic N) is 3. The van der Waals surface area contributed by atoms with Gasteiger partial charge in [0.15, 0.2) is 5.82 Å². The molecule has 0 aromatic carbocycles. The van der Waals surface area contributed by atoms with Crippen molar-refractivity contribution < 1.29 is 4.52 Å². The molecule has 2 heterocycles. The van der Waals surface area contributed by atoms with Gasteiger partial charge in [-0.2, -0.15) is 4.98 Å². The highest BCUT2D eigenvalue weighted by atomic mass is 16.5. The maximum absolute atomic E-state index is 5.64. The quantitative estimate of drug-likeness (QED) is 0.779. The molecule has 1 saturated heterocycles. The van der Waals surface area contributed by atoms with E-state index in [2.05, 4.69) is 15.0 Å². The molecule has 0 aliphatic carbocycles. The molecule has 1 aromatic heterocycles. The van der Waals surface area contributed by atoms with Crippen LogP contribution in [0.25, 0.3) is 0 Å². The molecule has 0 spiro atoms. The molecule has 1 aromatic rings. The lowest BCUT2D eigenvalue weighted by atomic mass is 10.1. The van der Waals surface area contributed by atoms with Crippen LogP contribution in [0, 0.1) is 5.92 Å². The minimum absolute atomic E-state index is 0.638. The Balaban J connectivity index is 1.87. The van der Waals surface area contributed by atoms with E-state index >= 15 is 0 Å². The van der Waals surface area contributed by atoms with Crippen molar-refractivity contribution in [1.29, 1.82) is 0 Å². The van der Waals surface area contributed by atoms with E-state index in [1.807, 2.05) is 6.92 Å². The van der Waals surface area contributed by atoms with Crippen LogP contribution in [0.15, 0.2) is 4.52 Å². The average Bonchev–Trinajstić information content (AvgIpc) is 2.87. The van der Waals surface area contributed by atoms with Gasteiger partial charge in [0.25, 0.3) is 0 Å². The molecular formula is C10H18N4O. The second-order valence-corrected chi connectivity index (χ2v) is 4.08. The van der Waals surface area contributed by atoms with E-state index < -0.39 is 0 Å². The van der Waals surface area contributed by atoms with E-state index in [-0.39, 0.29) is 0 Å². The van der Waals surface area contributed by atoms with Gasteiger partial charge in [-0.15, -0.1) is 0 Å². The van der Waals surface area contributed by atoms with Crippen LogP contribution in [0.3, 0.4) is 0 Å². The highest BCUT2D eigenvalue weighted by Crippen LogP contribution is 2.16. The molecule has 84 valence electrons. The summed E-state index contributed by atoms with van der Waals surface area (Å²) in [4.78, 5) is 6.62. The van der Waals surface area contributed by atoms with Crippen LogP contribution in [0.2, 0.25) is 0 Å². The van der Waals surface area contributed by atoms with E-state index in [9.17, 15) is 0 Å². The molecular weight excluding hydrogens is 192 g/mol. The number of likely N-dealkylation sites (tertiary alicyclic amines) is 1. The first-order chi connectivity index (χ1) is 7.31. The van der Waals surface area contributed by atoms with Gasteiger partial charge in [0.05, 0.1) is 6.54 Å². The zero-order valence-electron chi connectivity index (χ0n) is 9.15. The van der Waals surface area contributed by atoms with Crippen molar-refractivity contribution in [3.63, 3.8) is 0 Å². The highest BCUT2D eigenvalue weighted by Gasteiger charge is 2.22. The van der Waals surface area contributed by atoms with E-state index in [1.165, 1.54) is 6.42 Å². The fraction of sp³-hybridized carbons (Fsp3) is 0.800. The van der Waals surface area contributed by atoms with Crippen molar-refractivity contribution in [3.8, 4) is 0 Å². The molecule has 0 radical (unpaired) electrons. The summed E-state index contributed by atoms with van der Waals surface area (Å²) in [6.45, 7) is 5.71. The lowest BCUT2D eigenvalue weighted by molar-refractivity contribution is 0.260. The Morgan fingerprint density at radius 3 is 3.07 bits per heavy atom. The molecule has 2 rings (SSSR count). The summed E-state index contributed by atoms with van der Waals surface area (Å²) in [7, 11) is 0. The minimum atomic E-state index is 0.638. The van der Waals surface area contributed by atoms with Gasteiger partial charge in [0.2, 0.25) is 5.89 Å². The fourth-order valence-corrected chi connectivity index (χ4v) is 1.94. The van der Waals surface area contributed by atoms with Crippen LogP contribution < -0.4 is 5.73 Å². The van der Waals surface area contributed by atoms with Crippen molar-refractivity contribution in [2.45, 2.75) is 26.3 Å². The number of aryl methyl sites for hydroxylation is 1. The third-order valence-electron chi connectivity index (χ3n) is 2.89. The summed E-state index contributed by atoms with van der Waals surface area (Å²) in [5, 5.41) is 3.88. The maximum Gasteiger partial charge on any atom is 0.240 e. The topological polar surface area (TPSA) is 68.2 Å². The second-order valence-electron chi connectivity index (χ2n) is 4.08. The summed E-state index contributed by atoms with van der Waals surface area (Å²) in [5.74, 6) is 2.16. The van der Waals surface area contributed by atoms with Gasteiger partial charge in [0.1, 0.15) is 0 Å². The van der Waals surface area contributed by atoms with Crippen molar-refractivity contribution in [2.24, 2.45) is 11.7 Å². The predicted octanol–water partition coefficient (Wildman–Crippen LogP) is 0.413. The molecule has 1 atom stereocenters. The Bertz CT molecular complexity index is 312. The maximum atomic E-state index is 5.64. The van der Waals surface area contributed by atoms with Crippen LogP contribution in [0.1, 0.15) is 25.1 Å². The molecule has 0 amide bonds. The Hall–Kier alpha value is -0.940. The fourth-order valence-electron chi connectivity index (χ4n) is 1.94. The van der Waals surface area contributed by atoms with Crippen molar-refractivity contribution in [1.82, 2.24) is 15.0 Å². The zero-order valence-corrected chi connectivity index (χ0v) is 9.15. The lowest BCUT2D eigenvalue weighted by Gasteiger charge is -2.11. The van der Waals surface area contributed by atoms with Crippen LogP contribution in [-0.2, 0) is 13.0 Å². The number of hydrogen-bond acceptors (Lipinski definition) is 5. The molecule has 5 heteroatoms. The van der Waals surface area contributed by atoms with Crippen molar-refractivity contribution in [2.75, 3.05) is 19.6 Å². The van der Waals surface area contributed by atoms with Gasteiger partial charge in [-0.1, -0.05) is 12.1 Å². The Morgan fingerprint density at radius 2 is 2.47 bits per heavy atom. The summed E-state index contributed by atoms with van der Waals surface area (Å²) in [6.07, 6.45) is 2.01. The first-order valence-corrected chi connectivity index (χ1v) is 5.55. The van der Waals surface area contributed by atoms with Gasteiger partial charge in [-0.3, -0.25) is 4.90 Å². The predicted molar refractivity (Wildman–Crippen MR) is 56.1 cm³/mol. The van der Waals surface area contributed by atoms with Gasteiger partial charge in [-0.05, 0) is 25.4 Å². The van der Waals surface area contributed by atoms with Crippen LogP contribution in [-0.4, -0.2) is 34.7 Å². The monoisotopic (exact) mass is 210 g/mol. The van der Waals surface area contributed by atoms with E-state index in [0.29, 0.717) is 5.92 Å². The highest BCUT2D eigenvalue weighted by molar-refractivity contribution is 4.87. The molecule has 5 nitrogen and oxygen atoms in total. The number of rotatable bonds is 4. The standard InChI is InChI=1S/C10H18N4O/c1-2-9-12-10(15-13-9)7-14-4-3-8(5-11)6-14/h8H,2-7,11H2,1H3. The van der Waals surface area contributed by atoms with E-state index in [0.717, 1.165) is 44.3 Å². The van der Waals surface area contributed by atoms with Gasteiger partial charge >= 0.3 is 0 Å². The molecule has 1 unspecified atom stereocenters. The molecule has 1 aliphatic heterocycles. The van der Waals surface area contributed by atoms with Gasteiger partial charge < -0.3 is 10.3 Å². The second kappa shape index (κ2) is 4.72. The third-order valence-corrected chi connectivity index (χ3v) is 2.89. The summed E-state index contributed by atoms with van der Waals surface area (Å²) >= 11 is 0. The third kappa shape index (κ3) is 2.54. The van der Waals surface area contributed by atoms with E-state index in [1.54, 1.807) is 0 Å². The average molecular weight is 210 g/mol. The van der Waals surface area contributed by atoms with E-state index in [4.69, 9.17) is 10.3 Å². The summed E-state index contributed by atoms with van der Waals surface area (Å²) < 4.78 is 5.15. The minimum Gasteiger partial charge on any atom is -0.338 e. The normalized spacial score (nSPS) is 22.4. The summed E-state index contributed by atoms with van der Waals surface area (Å²) in [5.41, 5.74) is 5.64. The Morgan fingerprint density at radius 1 is 1.60 bits per heavy atom. The SMILES string of the molecule is CCc1noc(CN2CCC(CN)C2)n1. The van der Waals surface area contributed by atoms with Crippen LogP contribution >= 0.6 is 0 Å². The largest absolute Gasteiger partial charge is 0.338 e. The molecule has 0 bridgehead atoms. The Kier molecular flexibility index (Phi) is 3.33. The van der Waals surface area contributed by atoms with Crippen LogP contribution in [0.4, 0.5) is 0 Å². The molecule has 1 aliphatic rings. The molecule has 15 heavy (non-hydrogen) atoms. The van der Waals surface area contributed by atoms with Crippen molar-refractivity contribution >= 4 is 0 Å². The first kappa shape index (κ1) is 10.6. The summed E-state index contributed by atoms with van der Waals surface area (Å²) in [6, 6.07) is 0. The first-order valence-electron chi connectivity index (χ1n) is 5.55. The number of nitrogens with two attached hydrogens (primary N) is 1. The zero-order chi connectivity index (χ0) is 10.7. The van der Waals surface area contributed by atoms with Gasteiger partial charge in [0, 0.05) is 13.0 Å². The van der Waals surface area contributed by atoms with Crippen LogP contribution in [0.5, 0.6) is 0 Å². The number of hydrogen-bond donors (Lipinski definition) is 1. The number of aromatic nitrogens is 2.